The number of esters is 1. The van der Waals surface area contributed by atoms with Crippen LogP contribution in [0.3, 0.4) is 0 Å². The molecule has 0 saturated carbocycles. The molecule has 9 heteroatoms. The number of nitrogens with zero attached hydrogens (tertiary/aromatic N) is 1. The summed E-state index contributed by atoms with van der Waals surface area (Å²) in [6.45, 7) is -0.467. The van der Waals surface area contributed by atoms with Crippen LogP contribution in [0.4, 0.5) is 11.4 Å². The molecule has 0 aromatic heterocycles. The number of hydrogen-bond donors (Lipinski definition) is 1. The Morgan fingerprint density at radius 1 is 1.27 bits per heavy atom. The quantitative estimate of drug-likeness (QED) is 0.315. The fraction of sp³-hybridized carbons (Fsp3) is 0.0588. The number of rotatable bonds is 6. The van der Waals surface area contributed by atoms with Gasteiger partial charge in [-0.25, -0.2) is 4.79 Å². The van der Waals surface area contributed by atoms with Gasteiger partial charge >= 0.3 is 5.97 Å². The number of para-hydroxylation sites is 1. The first kappa shape index (κ1) is 19.6. The zero-order chi connectivity index (χ0) is 19.1. The molecule has 0 radical (unpaired) electrons. The number of benzene rings is 2. The Balaban J connectivity index is 1.89. The minimum Gasteiger partial charge on any atom is -0.452 e. The van der Waals surface area contributed by atoms with Gasteiger partial charge in [0.15, 0.2) is 6.61 Å². The van der Waals surface area contributed by atoms with Gasteiger partial charge in [0.2, 0.25) is 0 Å². The van der Waals surface area contributed by atoms with Gasteiger partial charge in [-0.3, -0.25) is 14.9 Å². The number of hydrogen-bond acceptors (Lipinski definition) is 5. The van der Waals surface area contributed by atoms with E-state index in [9.17, 15) is 19.7 Å². The second-order valence-corrected chi connectivity index (χ2v) is 6.20. The number of amides is 1. The summed E-state index contributed by atoms with van der Waals surface area (Å²) in [6.07, 6.45) is 2.40. The first-order valence-electron chi connectivity index (χ1n) is 7.20. The van der Waals surface area contributed by atoms with E-state index in [2.05, 4.69) is 21.2 Å². The summed E-state index contributed by atoms with van der Waals surface area (Å²) in [5.74, 6) is -1.26. The molecule has 2 aromatic rings. The topological polar surface area (TPSA) is 98.5 Å². The van der Waals surface area contributed by atoms with Crippen LogP contribution in [0.1, 0.15) is 5.56 Å². The van der Waals surface area contributed by atoms with E-state index in [0.717, 1.165) is 6.08 Å². The molecule has 0 bridgehead atoms. The standard InChI is InChI=1S/C17H12BrClN2O5/c18-12-3-1-2-4-14(12)20-16(22)10-26-17(23)8-6-11-5-7-13(19)15(9-11)21(24)25/h1-9H,10H2,(H,20,22)/b8-6+. The molecule has 26 heavy (non-hydrogen) atoms. The number of nitrogens with one attached hydrogen (secondary N) is 1. The molecule has 0 saturated heterocycles. The van der Waals surface area contributed by atoms with Crippen molar-refractivity contribution in [2.45, 2.75) is 0 Å². The van der Waals surface area contributed by atoms with Crippen LogP contribution in [0.2, 0.25) is 5.02 Å². The molecule has 1 N–H and O–H groups in total. The van der Waals surface area contributed by atoms with Gasteiger partial charge in [-0.1, -0.05) is 29.8 Å². The second kappa shape index (κ2) is 9.12. The molecule has 2 rings (SSSR count). The van der Waals surface area contributed by atoms with Crippen molar-refractivity contribution >= 4 is 56.9 Å². The number of carbonyl (C=O) groups is 2. The number of nitro benzene ring substituents is 1. The van der Waals surface area contributed by atoms with Gasteiger partial charge in [0.1, 0.15) is 5.02 Å². The number of ether oxygens (including phenoxy) is 1. The fourth-order valence-electron chi connectivity index (χ4n) is 1.87. The third-order valence-electron chi connectivity index (χ3n) is 3.07. The molecule has 0 spiro atoms. The summed E-state index contributed by atoms with van der Waals surface area (Å²) in [4.78, 5) is 33.6. The first-order valence-corrected chi connectivity index (χ1v) is 8.37. The lowest BCUT2D eigenvalue weighted by Gasteiger charge is -2.06. The summed E-state index contributed by atoms with van der Waals surface area (Å²) in [6, 6.07) is 11.1. The minimum absolute atomic E-state index is 0.00142. The maximum atomic E-state index is 11.8. The lowest BCUT2D eigenvalue weighted by atomic mass is 10.2. The first-order chi connectivity index (χ1) is 12.4. The van der Waals surface area contributed by atoms with E-state index in [1.807, 2.05) is 0 Å². The highest BCUT2D eigenvalue weighted by Gasteiger charge is 2.12. The SMILES string of the molecule is O=C(COC(=O)/C=C/c1ccc(Cl)c([N+](=O)[O-])c1)Nc1ccccc1Br. The van der Waals surface area contributed by atoms with Crippen LogP contribution in [0.25, 0.3) is 6.08 Å². The van der Waals surface area contributed by atoms with Crippen molar-refractivity contribution in [3.63, 3.8) is 0 Å². The summed E-state index contributed by atoms with van der Waals surface area (Å²) in [7, 11) is 0. The molecule has 0 aliphatic heterocycles. The van der Waals surface area contributed by atoms with Crippen LogP contribution < -0.4 is 5.32 Å². The van der Waals surface area contributed by atoms with E-state index in [-0.39, 0.29) is 10.7 Å². The Hall–Kier alpha value is -2.71. The van der Waals surface area contributed by atoms with Gasteiger partial charge in [0.05, 0.1) is 10.6 Å². The van der Waals surface area contributed by atoms with Crippen molar-refractivity contribution in [1.29, 1.82) is 0 Å². The Kier molecular flexibility index (Phi) is 6.88. The van der Waals surface area contributed by atoms with Gasteiger partial charge in [-0.15, -0.1) is 0 Å². The molecule has 0 atom stereocenters. The molecular weight excluding hydrogens is 428 g/mol. The number of carbonyl (C=O) groups excluding carboxylic acids is 2. The van der Waals surface area contributed by atoms with E-state index >= 15 is 0 Å². The lowest BCUT2D eigenvalue weighted by Crippen LogP contribution is -2.20. The second-order valence-electron chi connectivity index (χ2n) is 4.94. The van der Waals surface area contributed by atoms with Gasteiger partial charge in [0, 0.05) is 16.6 Å². The van der Waals surface area contributed by atoms with E-state index in [0.29, 0.717) is 15.7 Å². The molecule has 0 aliphatic rings. The lowest BCUT2D eigenvalue weighted by molar-refractivity contribution is -0.384. The Bertz CT molecular complexity index is 885. The normalized spacial score (nSPS) is 10.5. The highest BCUT2D eigenvalue weighted by Crippen LogP contribution is 2.25. The number of anilines is 1. The van der Waals surface area contributed by atoms with Gasteiger partial charge < -0.3 is 10.1 Å². The van der Waals surface area contributed by atoms with Crippen LogP contribution in [0.5, 0.6) is 0 Å². The third-order valence-corrected chi connectivity index (χ3v) is 4.08. The molecule has 0 unspecified atom stereocenters. The minimum atomic E-state index is -0.759. The van der Waals surface area contributed by atoms with E-state index in [1.165, 1.54) is 24.3 Å². The average molecular weight is 440 g/mol. The third kappa shape index (κ3) is 5.68. The summed E-state index contributed by atoms with van der Waals surface area (Å²) >= 11 is 9.00. The van der Waals surface area contributed by atoms with Crippen molar-refractivity contribution in [2.24, 2.45) is 0 Å². The van der Waals surface area contributed by atoms with Crippen molar-refractivity contribution in [3.05, 3.63) is 73.7 Å². The Morgan fingerprint density at radius 2 is 2.00 bits per heavy atom. The molecular formula is C17H12BrClN2O5. The molecule has 0 heterocycles. The smallest absolute Gasteiger partial charge is 0.331 e. The summed E-state index contributed by atoms with van der Waals surface area (Å²) < 4.78 is 5.52. The van der Waals surface area contributed by atoms with E-state index in [1.54, 1.807) is 24.3 Å². The van der Waals surface area contributed by atoms with Crippen molar-refractivity contribution in [1.82, 2.24) is 0 Å². The molecule has 0 aliphatic carbocycles. The predicted octanol–water partition coefficient (Wildman–Crippen LogP) is 4.21. The largest absolute Gasteiger partial charge is 0.452 e. The predicted molar refractivity (Wildman–Crippen MR) is 101 cm³/mol. The van der Waals surface area contributed by atoms with Gasteiger partial charge in [-0.2, -0.15) is 0 Å². The zero-order valence-corrected chi connectivity index (χ0v) is 15.5. The van der Waals surface area contributed by atoms with Gasteiger partial charge in [0.25, 0.3) is 11.6 Å². The van der Waals surface area contributed by atoms with Crippen molar-refractivity contribution < 1.29 is 19.2 Å². The summed E-state index contributed by atoms with van der Waals surface area (Å²) in [5, 5.41) is 13.4. The van der Waals surface area contributed by atoms with Crippen molar-refractivity contribution in [3.8, 4) is 0 Å². The van der Waals surface area contributed by atoms with Crippen LogP contribution in [-0.2, 0) is 14.3 Å². The van der Waals surface area contributed by atoms with Crippen molar-refractivity contribution in [2.75, 3.05) is 11.9 Å². The molecule has 2 aromatic carbocycles. The molecule has 134 valence electrons. The van der Waals surface area contributed by atoms with Crippen LogP contribution in [-0.4, -0.2) is 23.4 Å². The monoisotopic (exact) mass is 438 g/mol. The highest BCUT2D eigenvalue weighted by molar-refractivity contribution is 9.10. The Morgan fingerprint density at radius 3 is 2.69 bits per heavy atom. The molecule has 7 nitrogen and oxygen atoms in total. The van der Waals surface area contributed by atoms with Crippen LogP contribution in [0, 0.1) is 10.1 Å². The molecule has 1 amide bonds. The maximum Gasteiger partial charge on any atom is 0.331 e. The highest BCUT2D eigenvalue weighted by atomic mass is 79.9. The average Bonchev–Trinajstić information content (AvgIpc) is 2.61. The van der Waals surface area contributed by atoms with E-state index in [4.69, 9.17) is 16.3 Å². The zero-order valence-electron chi connectivity index (χ0n) is 13.1. The van der Waals surface area contributed by atoms with Gasteiger partial charge in [-0.05, 0) is 45.8 Å². The fourth-order valence-corrected chi connectivity index (χ4v) is 2.44. The van der Waals surface area contributed by atoms with E-state index < -0.39 is 23.4 Å². The Labute approximate surface area is 161 Å². The van der Waals surface area contributed by atoms with Crippen LogP contribution in [0.15, 0.2) is 53.0 Å². The number of nitro groups is 1. The molecule has 0 fully saturated rings. The number of halogens is 2. The maximum absolute atomic E-state index is 11.8. The summed E-state index contributed by atoms with van der Waals surface area (Å²) in [5.41, 5.74) is 0.684. The van der Waals surface area contributed by atoms with Crippen LogP contribution >= 0.6 is 27.5 Å².